The molecule has 0 saturated carbocycles. The van der Waals surface area contributed by atoms with Crippen molar-refractivity contribution in [1.82, 2.24) is 9.88 Å². The highest BCUT2D eigenvalue weighted by atomic mass is 16.5. The molecule has 1 aliphatic rings. The number of hydrogen-bond acceptors (Lipinski definition) is 4. The second-order valence-electron chi connectivity index (χ2n) is 6.23. The molecule has 1 unspecified atom stereocenters. The number of hydrogen-bond donors (Lipinski definition) is 0. The molecule has 2 aromatic rings. The molecule has 3 rings (SSSR count). The standard InChI is InChI=1S/C20H24N2O2/c23-20(24-16-17-7-2-1-3-8-17)11-6-14-22-13-5-10-19(22)18-9-4-12-21-15-18/h1-4,7-9,12,15,19H,5-6,10-11,13-14,16H2. The Kier molecular flexibility index (Phi) is 5.96. The molecule has 4 heteroatoms. The summed E-state index contributed by atoms with van der Waals surface area (Å²) in [6.07, 6.45) is 7.46. The van der Waals surface area contributed by atoms with Crippen LogP contribution >= 0.6 is 0 Å². The second kappa shape index (κ2) is 8.60. The van der Waals surface area contributed by atoms with Crippen molar-refractivity contribution in [2.45, 2.75) is 38.3 Å². The highest BCUT2D eigenvalue weighted by Crippen LogP contribution is 2.31. The van der Waals surface area contributed by atoms with E-state index in [1.54, 1.807) is 0 Å². The third-order valence-corrected chi connectivity index (χ3v) is 4.50. The monoisotopic (exact) mass is 324 g/mol. The first kappa shape index (κ1) is 16.7. The second-order valence-corrected chi connectivity index (χ2v) is 6.23. The lowest BCUT2D eigenvalue weighted by Gasteiger charge is -2.24. The van der Waals surface area contributed by atoms with Gasteiger partial charge in [0, 0.05) is 24.9 Å². The van der Waals surface area contributed by atoms with Crippen molar-refractivity contribution >= 4 is 5.97 Å². The Morgan fingerprint density at radius 2 is 2.08 bits per heavy atom. The van der Waals surface area contributed by atoms with Crippen molar-refractivity contribution in [1.29, 1.82) is 0 Å². The lowest BCUT2D eigenvalue weighted by atomic mass is 10.1. The Labute approximate surface area is 143 Å². The average molecular weight is 324 g/mol. The number of likely N-dealkylation sites (tertiary alicyclic amines) is 1. The van der Waals surface area contributed by atoms with Crippen LogP contribution in [-0.2, 0) is 16.1 Å². The van der Waals surface area contributed by atoms with E-state index in [0.29, 0.717) is 19.1 Å². The summed E-state index contributed by atoms with van der Waals surface area (Å²) in [6, 6.07) is 14.4. The van der Waals surface area contributed by atoms with Crippen LogP contribution in [0.2, 0.25) is 0 Å². The number of pyridine rings is 1. The van der Waals surface area contributed by atoms with Gasteiger partial charge in [-0.2, -0.15) is 0 Å². The Morgan fingerprint density at radius 1 is 1.21 bits per heavy atom. The maximum atomic E-state index is 11.9. The molecule has 126 valence electrons. The first-order valence-corrected chi connectivity index (χ1v) is 8.66. The van der Waals surface area contributed by atoms with Crippen molar-refractivity contribution < 1.29 is 9.53 Å². The molecular formula is C20H24N2O2. The fraction of sp³-hybridized carbons (Fsp3) is 0.400. The molecule has 1 atom stereocenters. The minimum Gasteiger partial charge on any atom is -0.461 e. The van der Waals surface area contributed by atoms with Crippen LogP contribution in [0, 0.1) is 0 Å². The molecule has 4 nitrogen and oxygen atoms in total. The molecule has 2 heterocycles. The third-order valence-electron chi connectivity index (χ3n) is 4.50. The predicted molar refractivity (Wildman–Crippen MR) is 93.3 cm³/mol. The van der Waals surface area contributed by atoms with Crippen LogP contribution in [0.3, 0.4) is 0 Å². The molecule has 0 N–H and O–H groups in total. The molecule has 1 saturated heterocycles. The van der Waals surface area contributed by atoms with Crippen LogP contribution in [0.1, 0.15) is 42.9 Å². The zero-order valence-electron chi connectivity index (χ0n) is 13.9. The maximum Gasteiger partial charge on any atom is 0.306 e. The van der Waals surface area contributed by atoms with E-state index >= 15 is 0 Å². The molecule has 0 amide bonds. The minimum absolute atomic E-state index is 0.115. The Morgan fingerprint density at radius 3 is 2.88 bits per heavy atom. The number of carbonyl (C=O) groups is 1. The van der Waals surface area contributed by atoms with Gasteiger partial charge < -0.3 is 4.74 Å². The van der Waals surface area contributed by atoms with Gasteiger partial charge in [-0.15, -0.1) is 0 Å². The Bertz CT molecular complexity index is 631. The SMILES string of the molecule is O=C(CCCN1CCCC1c1cccnc1)OCc1ccccc1. The maximum absolute atomic E-state index is 11.9. The number of esters is 1. The van der Waals surface area contributed by atoms with Crippen molar-refractivity contribution in [3.8, 4) is 0 Å². The van der Waals surface area contributed by atoms with Gasteiger partial charge in [0.25, 0.3) is 0 Å². The van der Waals surface area contributed by atoms with Crippen LogP contribution in [0.5, 0.6) is 0 Å². The zero-order chi connectivity index (χ0) is 16.6. The fourth-order valence-electron chi connectivity index (χ4n) is 3.28. The van der Waals surface area contributed by atoms with Gasteiger partial charge in [-0.1, -0.05) is 36.4 Å². The van der Waals surface area contributed by atoms with E-state index in [9.17, 15) is 4.79 Å². The molecule has 0 radical (unpaired) electrons. The van der Waals surface area contributed by atoms with Gasteiger partial charge >= 0.3 is 5.97 Å². The number of ether oxygens (including phenoxy) is 1. The summed E-state index contributed by atoms with van der Waals surface area (Å²) in [7, 11) is 0. The highest BCUT2D eigenvalue weighted by Gasteiger charge is 2.25. The van der Waals surface area contributed by atoms with Crippen LogP contribution in [0.15, 0.2) is 54.9 Å². The number of rotatable bonds is 7. The first-order chi connectivity index (χ1) is 11.8. The summed E-state index contributed by atoms with van der Waals surface area (Å²) >= 11 is 0. The van der Waals surface area contributed by atoms with Gasteiger partial charge in [0.05, 0.1) is 0 Å². The average Bonchev–Trinajstić information content (AvgIpc) is 3.10. The molecule has 0 aliphatic carbocycles. The van der Waals surface area contributed by atoms with Crippen LogP contribution < -0.4 is 0 Å². The summed E-state index contributed by atoms with van der Waals surface area (Å²) in [5.74, 6) is -0.115. The van der Waals surface area contributed by atoms with Gasteiger partial charge in [-0.05, 0) is 49.5 Å². The summed E-state index contributed by atoms with van der Waals surface area (Å²) in [4.78, 5) is 18.6. The first-order valence-electron chi connectivity index (χ1n) is 8.66. The largest absolute Gasteiger partial charge is 0.461 e. The molecule has 1 aliphatic heterocycles. The smallest absolute Gasteiger partial charge is 0.306 e. The minimum atomic E-state index is -0.115. The Hall–Kier alpha value is -2.20. The fourth-order valence-corrected chi connectivity index (χ4v) is 3.28. The number of carbonyl (C=O) groups excluding carboxylic acids is 1. The normalized spacial score (nSPS) is 17.8. The molecule has 24 heavy (non-hydrogen) atoms. The zero-order valence-corrected chi connectivity index (χ0v) is 13.9. The number of benzene rings is 1. The van der Waals surface area contributed by atoms with Gasteiger partial charge in [0.1, 0.15) is 6.61 Å². The van der Waals surface area contributed by atoms with Crippen molar-refractivity contribution in [2.24, 2.45) is 0 Å². The summed E-state index contributed by atoms with van der Waals surface area (Å²) < 4.78 is 5.34. The quantitative estimate of drug-likeness (QED) is 0.728. The summed E-state index contributed by atoms with van der Waals surface area (Å²) in [5.41, 5.74) is 2.31. The summed E-state index contributed by atoms with van der Waals surface area (Å²) in [6.45, 7) is 2.39. The van der Waals surface area contributed by atoms with E-state index < -0.39 is 0 Å². The highest BCUT2D eigenvalue weighted by molar-refractivity contribution is 5.69. The number of nitrogens with zero attached hydrogens (tertiary/aromatic N) is 2. The van der Waals surface area contributed by atoms with Gasteiger partial charge in [-0.3, -0.25) is 14.7 Å². The molecule has 1 aromatic carbocycles. The van der Waals surface area contributed by atoms with Gasteiger partial charge in [0.2, 0.25) is 0 Å². The lowest BCUT2D eigenvalue weighted by Crippen LogP contribution is -2.25. The van der Waals surface area contributed by atoms with E-state index in [1.807, 2.05) is 48.8 Å². The van der Waals surface area contributed by atoms with Crippen molar-refractivity contribution in [3.05, 3.63) is 66.0 Å². The molecular weight excluding hydrogens is 300 g/mol. The molecule has 1 fully saturated rings. The summed E-state index contributed by atoms with van der Waals surface area (Å²) in [5, 5.41) is 0. The van der Waals surface area contributed by atoms with Crippen molar-refractivity contribution in [2.75, 3.05) is 13.1 Å². The molecule has 1 aromatic heterocycles. The molecule has 0 bridgehead atoms. The predicted octanol–water partition coefficient (Wildman–Crippen LogP) is 3.74. The van der Waals surface area contributed by atoms with E-state index in [2.05, 4.69) is 16.0 Å². The topological polar surface area (TPSA) is 42.4 Å². The van der Waals surface area contributed by atoms with E-state index in [-0.39, 0.29) is 5.97 Å². The van der Waals surface area contributed by atoms with Gasteiger partial charge in [-0.25, -0.2) is 0 Å². The van der Waals surface area contributed by atoms with Crippen molar-refractivity contribution in [3.63, 3.8) is 0 Å². The van der Waals surface area contributed by atoms with E-state index in [4.69, 9.17) is 4.74 Å². The van der Waals surface area contributed by atoms with Crippen LogP contribution in [0.25, 0.3) is 0 Å². The lowest BCUT2D eigenvalue weighted by molar-refractivity contribution is -0.145. The Balaban J connectivity index is 1.40. The van der Waals surface area contributed by atoms with E-state index in [1.165, 1.54) is 18.4 Å². The van der Waals surface area contributed by atoms with Crippen LogP contribution in [0.4, 0.5) is 0 Å². The third kappa shape index (κ3) is 4.65. The van der Waals surface area contributed by atoms with Crippen LogP contribution in [-0.4, -0.2) is 28.9 Å². The van der Waals surface area contributed by atoms with E-state index in [0.717, 1.165) is 25.1 Å². The molecule has 0 spiro atoms. The number of aromatic nitrogens is 1. The van der Waals surface area contributed by atoms with Gasteiger partial charge in [0.15, 0.2) is 0 Å².